The first-order valence-corrected chi connectivity index (χ1v) is 12.3. The lowest BCUT2D eigenvalue weighted by Crippen LogP contribution is -2.48. The number of amides is 3. The lowest BCUT2D eigenvalue weighted by atomic mass is 9.85. The number of imide groups is 1. The first kappa shape index (κ1) is 23.8. The van der Waals surface area contributed by atoms with Crippen LogP contribution in [0.3, 0.4) is 0 Å². The second-order valence-corrected chi connectivity index (χ2v) is 9.34. The number of hydrogen-bond donors (Lipinski definition) is 1. The van der Waals surface area contributed by atoms with Crippen LogP contribution in [0.25, 0.3) is 0 Å². The molecule has 186 valence electrons. The smallest absolute Gasteiger partial charge is 0.330 e. The van der Waals surface area contributed by atoms with Crippen LogP contribution in [0.15, 0.2) is 66.7 Å². The van der Waals surface area contributed by atoms with E-state index in [-0.39, 0.29) is 30.1 Å². The molecule has 1 saturated heterocycles. The highest BCUT2D eigenvalue weighted by Crippen LogP contribution is 2.53. The normalized spacial score (nSPS) is 24.5. The standard InChI is InChI=1S/C28H28N2O6/c1-2-35-22-11-7-6-10-20(22)29-23(31)16-36-28(34)21(14-17-8-4-3-5-9-17)30-26(32)24-18-12-13-19(15-18)25(24)27(30)33/h3-13,18-19,21,24-25H,2,14-16H2,1H3,(H,29,31)/t18-,19-,21-,24-,25-/m0/s1. The molecule has 2 bridgehead atoms. The van der Waals surface area contributed by atoms with Gasteiger partial charge in [-0.3, -0.25) is 19.3 Å². The van der Waals surface area contributed by atoms with Gasteiger partial charge in [-0.15, -0.1) is 0 Å². The molecule has 3 aliphatic rings. The molecule has 1 aliphatic heterocycles. The Morgan fingerprint density at radius 1 is 0.972 bits per heavy atom. The molecule has 0 unspecified atom stereocenters. The number of carbonyl (C=O) groups is 4. The summed E-state index contributed by atoms with van der Waals surface area (Å²) >= 11 is 0. The fourth-order valence-corrected chi connectivity index (χ4v) is 5.62. The number of likely N-dealkylation sites (tertiary alicyclic amines) is 1. The maximum absolute atomic E-state index is 13.4. The summed E-state index contributed by atoms with van der Waals surface area (Å²) in [7, 11) is 0. The third-order valence-electron chi connectivity index (χ3n) is 7.17. The lowest BCUT2D eigenvalue weighted by Gasteiger charge is -2.26. The van der Waals surface area contributed by atoms with Crippen LogP contribution in [0.2, 0.25) is 0 Å². The van der Waals surface area contributed by atoms with Crippen molar-refractivity contribution < 1.29 is 28.7 Å². The van der Waals surface area contributed by atoms with Gasteiger partial charge >= 0.3 is 5.97 Å². The summed E-state index contributed by atoms with van der Waals surface area (Å²) < 4.78 is 10.9. The van der Waals surface area contributed by atoms with Gasteiger partial charge in [0.2, 0.25) is 11.8 Å². The van der Waals surface area contributed by atoms with Gasteiger partial charge in [-0.25, -0.2) is 4.79 Å². The summed E-state index contributed by atoms with van der Waals surface area (Å²) in [5.74, 6) is -2.25. The van der Waals surface area contributed by atoms with E-state index in [0.29, 0.717) is 18.0 Å². The molecule has 8 heteroatoms. The van der Waals surface area contributed by atoms with Crippen molar-refractivity contribution in [1.29, 1.82) is 0 Å². The Morgan fingerprint density at radius 2 is 1.61 bits per heavy atom. The van der Waals surface area contributed by atoms with E-state index in [1.165, 1.54) is 0 Å². The van der Waals surface area contributed by atoms with E-state index in [0.717, 1.165) is 16.9 Å². The van der Waals surface area contributed by atoms with Crippen LogP contribution < -0.4 is 10.1 Å². The summed E-state index contributed by atoms with van der Waals surface area (Å²) in [6.07, 6.45) is 4.94. The lowest BCUT2D eigenvalue weighted by molar-refractivity contribution is -0.160. The highest BCUT2D eigenvalue weighted by Gasteiger charge is 2.61. The number of nitrogens with one attached hydrogen (secondary N) is 1. The fraction of sp³-hybridized carbons (Fsp3) is 0.357. The van der Waals surface area contributed by atoms with Crippen molar-refractivity contribution in [3.05, 3.63) is 72.3 Å². The SMILES string of the molecule is CCOc1ccccc1NC(=O)COC(=O)[C@H](Cc1ccccc1)N1C(=O)[C@@H]2[C@@H](C1=O)[C@H]1C=C[C@H]2C1. The largest absolute Gasteiger partial charge is 0.492 e. The van der Waals surface area contributed by atoms with Crippen molar-refractivity contribution in [3.63, 3.8) is 0 Å². The van der Waals surface area contributed by atoms with Gasteiger partial charge in [0.1, 0.15) is 11.8 Å². The predicted molar refractivity (Wildman–Crippen MR) is 131 cm³/mol. The van der Waals surface area contributed by atoms with Gasteiger partial charge in [0, 0.05) is 6.42 Å². The van der Waals surface area contributed by atoms with Crippen LogP contribution in [-0.2, 0) is 30.3 Å². The van der Waals surface area contributed by atoms with E-state index in [1.807, 2.05) is 49.4 Å². The van der Waals surface area contributed by atoms with Gasteiger partial charge in [0.15, 0.2) is 6.61 Å². The van der Waals surface area contributed by atoms with Crippen molar-refractivity contribution in [2.24, 2.45) is 23.7 Å². The van der Waals surface area contributed by atoms with Gasteiger partial charge in [-0.2, -0.15) is 0 Å². The van der Waals surface area contributed by atoms with Gasteiger partial charge < -0.3 is 14.8 Å². The number of esters is 1. The highest BCUT2D eigenvalue weighted by molar-refractivity contribution is 6.09. The molecule has 36 heavy (non-hydrogen) atoms. The number of nitrogens with zero attached hydrogens (tertiary/aromatic N) is 1. The first-order valence-electron chi connectivity index (χ1n) is 12.3. The first-order chi connectivity index (χ1) is 17.5. The topological polar surface area (TPSA) is 102 Å². The van der Waals surface area contributed by atoms with E-state index in [4.69, 9.17) is 9.47 Å². The minimum atomic E-state index is -1.14. The maximum Gasteiger partial charge on any atom is 0.330 e. The minimum Gasteiger partial charge on any atom is -0.492 e. The number of benzene rings is 2. The third kappa shape index (κ3) is 4.39. The Kier molecular flexibility index (Phi) is 6.59. The van der Waals surface area contributed by atoms with Gasteiger partial charge in [-0.1, -0.05) is 54.6 Å². The number of hydrogen-bond acceptors (Lipinski definition) is 6. The zero-order chi connectivity index (χ0) is 25.2. The molecular weight excluding hydrogens is 460 g/mol. The van der Waals surface area contributed by atoms with Crippen molar-refractivity contribution in [3.8, 4) is 5.75 Å². The molecule has 5 atom stereocenters. The molecule has 1 saturated carbocycles. The van der Waals surface area contributed by atoms with Crippen LogP contribution in [0, 0.1) is 23.7 Å². The Labute approximate surface area is 209 Å². The van der Waals surface area contributed by atoms with Crippen molar-refractivity contribution >= 4 is 29.4 Å². The van der Waals surface area contributed by atoms with Crippen molar-refractivity contribution in [1.82, 2.24) is 4.90 Å². The molecule has 8 nitrogen and oxygen atoms in total. The number of allylic oxidation sites excluding steroid dienone is 2. The Balaban J connectivity index is 1.31. The predicted octanol–water partition coefficient (Wildman–Crippen LogP) is 2.99. The summed E-state index contributed by atoms with van der Waals surface area (Å²) in [6, 6.07) is 15.0. The summed E-state index contributed by atoms with van der Waals surface area (Å²) in [4.78, 5) is 53.7. The molecular formula is C28H28N2O6. The second kappa shape index (κ2) is 9.97. The maximum atomic E-state index is 13.4. The Morgan fingerprint density at radius 3 is 2.28 bits per heavy atom. The van der Waals surface area contributed by atoms with Crippen molar-refractivity contribution in [2.75, 3.05) is 18.5 Å². The summed E-state index contributed by atoms with van der Waals surface area (Å²) in [5.41, 5.74) is 1.25. The van der Waals surface area contributed by atoms with E-state index in [9.17, 15) is 19.2 Å². The van der Waals surface area contributed by atoms with E-state index in [2.05, 4.69) is 5.32 Å². The Hall–Kier alpha value is -3.94. The average molecular weight is 489 g/mol. The molecule has 2 aromatic rings. The molecule has 1 heterocycles. The average Bonchev–Trinajstić information content (AvgIpc) is 3.57. The van der Waals surface area contributed by atoms with Crippen LogP contribution in [0.4, 0.5) is 5.69 Å². The van der Waals surface area contributed by atoms with Crippen LogP contribution in [0.1, 0.15) is 18.9 Å². The number of anilines is 1. The molecule has 2 fully saturated rings. The molecule has 2 aliphatic carbocycles. The molecule has 0 spiro atoms. The zero-order valence-electron chi connectivity index (χ0n) is 20.0. The fourth-order valence-electron chi connectivity index (χ4n) is 5.62. The van der Waals surface area contributed by atoms with Crippen LogP contribution in [0.5, 0.6) is 5.75 Å². The monoisotopic (exact) mass is 488 g/mol. The zero-order valence-corrected chi connectivity index (χ0v) is 20.0. The molecule has 0 radical (unpaired) electrons. The van der Waals surface area contributed by atoms with Crippen LogP contribution >= 0.6 is 0 Å². The van der Waals surface area contributed by atoms with E-state index < -0.39 is 36.4 Å². The number of ether oxygens (including phenoxy) is 2. The second-order valence-electron chi connectivity index (χ2n) is 9.34. The van der Waals surface area contributed by atoms with Gasteiger partial charge in [0.25, 0.3) is 5.91 Å². The molecule has 2 aromatic carbocycles. The summed E-state index contributed by atoms with van der Waals surface area (Å²) in [5, 5.41) is 2.68. The molecule has 0 aromatic heterocycles. The number of carbonyl (C=O) groups excluding carboxylic acids is 4. The van der Waals surface area contributed by atoms with Gasteiger partial charge in [-0.05, 0) is 42.9 Å². The number of rotatable bonds is 9. The van der Waals surface area contributed by atoms with Gasteiger partial charge in [0.05, 0.1) is 24.1 Å². The number of para-hydroxylation sites is 2. The Bertz CT molecular complexity index is 1180. The minimum absolute atomic E-state index is 0.0334. The van der Waals surface area contributed by atoms with E-state index >= 15 is 0 Å². The quantitative estimate of drug-likeness (QED) is 0.331. The number of fused-ring (bicyclic) bond motifs is 5. The molecule has 3 amide bonds. The van der Waals surface area contributed by atoms with Crippen LogP contribution in [-0.4, -0.2) is 47.8 Å². The highest BCUT2D eigenvalue weighted by atomic mass is 16.5. The molecule has 5 rings (SSSR count). The summed E-state index contributed by atoms with van der Waals surface area (Å²) in [6.45, 7) is 1.71. The third-order valence-corrected chi connectivity index (χ3v) is 7.17. The molecule has 1 N–H and O–H groups in total. The van der Waals surface area contributed by atoms with E-state index in [1.54, 1.807) is 24.3 Å². The van der Waals surface area contributed by atoms with Crippen molar-refractivity contribution in [2.45, 2.75) is 25.8 Å².